The average molecular weight is 304 g/mol. The van der Waals surface area contributed by atoms with E-state index in [2.05, 4.69) is 0 Å². The monoisotopic (exact) mass is 304 g/mol. The fraction of sp³-hybridized carbons (Fsp3) is 0.833. The Hall–Kier alpha value is 0.120. The van der Waals surface area contributed by atoms with Crippen molar-refractivity contribution in [3.63, 3.8) is 0 Å². The van der Waals surface area contributed by atoms with Crippen LogP contribution < -0.4 is 0 Å². The molecule has 4 N–H and O–H groups in total. The number of rotatable bonds is 6. The van der Waals surface area contributed by atoms with Gasteiger partial charge in [0, 0.05) is 37.7 Å². The van der Waals surface area contributed by atoms with E-state index in [-0.39, 0.29) is 49.6 Å². The molecule has 0 rings (SSSR count). The van der Waals surface area contributed by atoms with Gasteiger partial charge >= 0.3 is 11.9 Å². The maximum absolute atomic E-state index is 9.98. The van der Waals surface area contributed by atoms with E-state index in [1.165, 1.54) is 0 Å². The molecule has 2 radical (unpaired) electrons. The molecule has 19 heavy (non-hydrogen) atoms. The van der Waals surface area contributed by atoms with Gasteiger partial charge in [0.25, 0.3) is 0 Å². The summed E-state index contributed by atoms with van der Waals surface area (Å²) in [6.45, 7) is 7.47. The molecule has 2 unspecified atom stereocenters. The third kappa shape index (κ3) is 18.1. The van der Waals surface area contributed by atoms with Gasteiger partial charge in [0.1, 0.15) is 0 Å². The Morgan fingerprint density at radius 2 is 1.00 bits per heavy atom. The maximum atomic E-state index is 9.98. The van der Waals surface area contributed by atoms with E-state index in [1.807, 2.05) is 27.7 Å². The second kappa shape index (κ2) is 13.1. The molecule has 2 atom stereocenters. The zero-order valence-corrected chi connectivity index (χ0v) is 14.2. The van der Waals surface area contributed by atoms with Crippen LogP contribution in [0.2, 0.25) is 0 Å². The van der Waals surface area contributed by atoms with Crippen molar-refractivity contribution < 1.29 is 30.0 Å². The molecular weight excluding hydrogens is 280 g/mol. The van der Waals surface area contributed by atoms with E-state index in [0.717, 1.165) is 0 Å². The van der Waals surface area contributed by atoms with E-state index in [9.17, 15) is 9.59 Å². The van der Waals surface area contributed by atoms with Gasteiger partial charge in [-0.05, 0) is 24.7 Å². The number of hydrogen-bond acceptors (Lipinski definition) is 4. The summed E-state index contributed by atoms with van der Waals surface area (Å²) in [4.78, 5) is 20.0. The average Bonchev–Trinajstić information content (AvgIpc) is 2.16. The second-order valence-electron chi connectivity index (χ2n) is 4.97. The molecule has 0 spiro atoms. The summed E-state index contributed by atoms with van der Waals surface area (Å²) in [6.07, 6.45) is -1.72. The number of aliphatic hydroxyl groups is 2. The first kappa shape index (κ1) is 24.2. The molecule has 110 valence electrons. The quantitative estimate of drug-likeness (QED) is 0.533. The second-order valence-corrected chi connectivity index (χ2v) is 4.97. The van der Waals surface area contributed by atoms with E-state index in [0.29, 0.717) is 12.8 Å². The van der Waals surface area contributed by atoms with Crippen LogP contribution in [0.25, 0.3) is 0 Å². The minimum absolute atomic E-state index is 0. The van der Waals surface area contributed by atoms with Gasteiger partial charge in [-0.15, -0.1) is 0 Å². The third-order valence-electron chi connectivity index (χ3n) is 1.96. The molecule has 0 aliphatic heterocycles. The van der Waals surface area contributed by atoms with Gasteiger partial charge in [0.15, 0.2) is 12.2 Å². The Morgan fingerprint density at radius 3 is 1.05 bits per heavy atom. The minimum atomic E-state index is -1.19. The zero-order valence-electron chi connectivity index (χ0n) is 12.0. The van der Waals surface area contributed by atoms with E-state index in [1.54, 1.807) is 0 Å². The van der Waals surface area contributed by atoms with Gasteiger partial charge in [-0.1, -0.05) is 27.7 Å². The summed E-state index contributed by atoms with van der Waals surface area (Å²) in [5.41, 5.74) is 0. The first-order valence-electron chi connectivity index (χ1n) is 5.89. The fourth-order valence-corrected chi connectivity index (χ4v) is 1.09. The number of aliphatic hydroxyl groups excluding tert-OH is 2. The summed E-state index contributed by atoms with van der Waals surface area (Å²) < 4.78 is 0. The van der Waals surface area contributed by atoms with Crippen molar-refractivity contribution in [2.45, 2.75) is 52.7 Å². The number of carbonyl (C=O) groups is 2. The van der Waals surface area contributed by atoms with Crippen molar-refractivity contribution in [2.75, 3.05) is 0 Å². The number of carboxylic acids is 2. The molecule has 0 aromatic heterocycles. The molecule has 6 nitrogen and oxygen atoms in total. The van der Waals surface area contributed by atoms with Crippen molar-refractivity contribution >= 4 is 49.7 Å². The van der Waals surface area contributed by atoms with Gasteiger partial charge in [0.2, 0.25) is 0 Å². The number of aliphatic carboxylic acids is 2. The molecule has 0 saturated heterocycles. The Balaban J connectivity index is -0.000000256. The molecule has 0 aromatic carbocycles. The number of hydrogen-bond donors (Lipinski definition) is 4. The van der Waals surface area contributed by atoms with Crippen LogP contribution in [0.15, 0.2) is 0 Å². The van der Waals surface area contributed by atoms with E-state index in [4.69, 9.17) is 20.4 Å². The molecule has 7 heteroatoms. The molecule has 0 aliphatic rings. The largest absolute Gasteiger partial charge is 0.479 e. The smallest absolute Gasteiger partial charge is 0.332 e. The van der Waals surface area contributed by atoms with Gasteiger partial charge in [0.05, 0.1) is 0 Å². The zero-order chi connectivity index (χ0) is 14.9. The molecule has 0 heterocycles. The Kier molecular flexibility index (Phi) is 16.7. The fourth-order valence-electron chi connectivity index (χ4n) is 1.09. The molecular formula is C12H24CaO6. The molecule has 0 fully saturated rings. The van der Waals surface area contributed by atoms with Gasteiger partial charge in [-0.2, -0.15) is 0 Å². The van der Waals surface area contributed by atoms with Crippen LogP contribution in [0.5, 0.6) is 0 Å². The topological polar surface area (TPSA) is 115 Å². The van der Waals surface area contributed by atoms with Crippen molar-refractivity contribution in [1.29, 1.82) is 0 Å². The summed E-state index contributed by atoms with van der Waals surface area (Å²) >= 11 is 0. The standard InChI is InChI=1S/2C6H12O3.Ca/c2*1-4(2)3-5(7)6(8)9;/h2*4-5,7H,3H2,1-2H3,(H,8,9);. The SMILES string of the molecule is CC(C)CC(O)C(=O)O.CC(C)CC(O)C(=O)O.[Ca]. The van der Waals surface area contributed by atoms with E-state index < -0.39 is 24.1 Å². The Labute approximate surface area is 143 Å². The van der Waals surface area contributed by atoms with Gasteiger partial charge in [-0.3, -0.25) is 0 Å². The predicted octanol–water partition coefficient (Wildman–Crippen LogP) is 0.575. The van der Waals surface area contributed by atoms with Crippen LogP contribution in [0.3, 0.4) is 0 Å². The normalized spacial score (nSPS) is 13.1. The van der Waals surface area contributed by atoms with Crippen molar-refractivity contribution in [2.24, 2.45) is 11.8 Å². The summed E-state index contributed by atoms with van der Waals surface area (Å²) in [7, 11) is 0. The van der Waals surface area contributed by atoms with Crippen LogP contribution in [0, 0.1) is 11.8 Å². The molecule has 0 bridgehead atoms. The van der Waals surface area contributed by atoms with Crippen LogP contribution in [0.1, 0.15) is 40.5 Å². The predicted molar refractivity (Wildman–Crippen MR) is 71.9 cm³/mol. The first-order valence-corrected chi connectivity index (χ1v) is 5.89. The first-order chi connectivity index (χ1) is 8.07. The summed E-state index contributed by atoms with van der Waals surface area (Å²) in [5.74, 6) is -1.81. The van der Waals surface area contributed by atoms with Crippen LogP contribution in [-0.4, -0.2) is 82.3 Å². The summed E-state index contributed by atoms with van der Waals surface area (Å²) in [6, 6.07) is 0. The van der Waals surface area contributed by atoms with E-state index >= 15 is 0 Å². The molecule has 0 amide bonds. The maximum Gasteiger partial charge on any atom is 0.332 e. The van der Waals surface area contributed by atoms with Crippen LogP contribution in [0.4, 0.5) is 0 Å². The minimum Gasteiger partial charge on any atom is -0.479 e. The van der Waals surface area contributed by atoms with Gasteiger partial charge in [-0.25, -0.2) is 9.59 Å². The summed E-state index contributed by atoms with van der Waals surface area (Å²) in [5, 5.41) is 33.8. The van der Waals surface area contributed by atoms with Crippen molar-refractivity contribution in [3.8, 4) is 0 Å². The molecule has 0 aliphatic carbocycles. The molecule has 0 saturated carbocycles. The Morgan fingerprint density at radius 1 is 0.789 bits per heavy atom. The molecule has 0 aromatic rings. The number of carboxylic acid groups (broad SMARTS) is 2. The van der Waals surface area contributed by atoms with Gasteiger partial charge < -0.3 is 20.4 Å². The van der Waals surface area contributed by atoms with Crippen molar-refractivity contribution in [3.05, 3.63) is 0 Å². The van der Waals surface area contributed by atoms with Crippen LogP contribution >= 0.6 is 0 Å². The van der Waals surface area contributed by atoms with Crippen molar-refractivity contribution in [1.82, 2.24) is 0 Å². The Bertz CT molecular complexity index is 229. The van der Waals surface area contributed by atoms with Crippen LogP contribution in [-0.2, 0) is 9.59 Å². The third-order valence-corrected chi connectivity index (χ3v) is 1.96.